The summed E-state index contributed by atoms with van der Waals surface area (Å²) in [5, 5.41) is 3.49. The zero-order valence-corrected chi connectivity index (χ0v) is 11.5. The monoisotopic (exact) mass is 241 g/mol. The summed E-state index contributed by atoms with van der Waals surface area (Å²) in [6.07, 6.45) is 6.02. The Labute approximate surface area is 103 Å². The van der Waals surface area contributed by atoms with Crippen LogP contribution in [0.15, 0.2) is 12.5 Å². The third-order valence-electron chi connectivity index (χ3n) is 2.55. The van der Waals surface area contributed by atoms with Gasteiger partial charge in [0.05, 0.1) is 12.0 Å². The van der Waals surface area contributed by atoms with Crippen molar-refractivity contribution in [2.45, 2.75) is 33.4 Å². The van der Waals surface area contributed by atoms with Crippen molar-refractivity contribution in [3.05, 3.63) is 18.2 Å². The molecule has 1 atom stereocenters. The minimum atomic E-state index is 0.489. The third kappa shape index (κ3) is 4.18. The van der Waals surface area contributed by atoms with Crippen LogP contribution in [0.25, 0.3) is 0 Å². The van der Waals surface area contributed by atoms with Crippen molar-refractivity contribution in [3.63, 3.8) is 0 Å². The van der Waals surface area contributed by atoms with Gasteiger partial charge in [0, 0.05) is 18.8 Å². The van der Waals surface area contributed by atoms with Crippen LogP contribution in [0.2, 0.25) is 0 Å². The molecule has 0 fully saturated rings. The molecule has 0 saturated heterocycles. The van der Waals surface area contributed by atoms with Gasteiger partial charge < -0.3 is 9.88 Å². The molecule has 0 aromatic carbocycles. The molecule has 0 saturated carbocycles. The quantitative estimate of drug-likeness (QED) is 0.795. The highest BCUT2D eigenvalue weighted by Gasteiger charge is 2.05. The van der Waals surface area contributed by atoms with Gasteiger partial charge in [-0.2, -0.15) is 11.8 Å². The summed E-state index contributed by atoms with van der Waals surface area (Å²) in [6, 6.07) is 0.489. The topological polar surface area (TPSA) is 29.9 Å². The van der Waals surface area contributed by atoms with Crippen LogP contribution in [0.3, 0.4) is 0 Å². The average Bonchev–Trinajstić information content (AvgIpc) is 2.66. The number of hydrogen-bond acceptors (Lipinski definition) is 3. The van der Waals surface area contributed by atoms with Crippen molar-refractivity contribution in [3.8, 4) is 0 Å². The molecular formula is C12H23N3S. The lowest BCUT2D eigenvalue weighted by Gasteiger charge is -2.14. The van der Waals surface area contributed by atoms with Gasteiger partial charge in [0.25, 0.3) is 0 Å². The predicted molar refractivity (Wildman–Crippen MR) is 71.9 cm³/mol. The van der Waals surface area contributed by atoms with Gasteiger partial charge in [-0.15, -0.1) is 0 Å². The summed E-state index contributed by atoms with van der Waals surface area (Å²) < 4.78 is 2.21. The van der Waals surface area contributed by atoms with E-state index >= 15 is 0 Å². The minimum absolute atomic E-state index is 0.489. The molecule has 0 aliphatic carbocycles. The lowest BCUT2D eigenvalue weighted by molar-refractivity contribution is 0.519. The van der Waals surface area contributed by atoms with E-state index in [-0.39, 0.29) is 0 Å². The Morgan fingerprint density at radius 1 is 1.44 bits per heavy atom. The van der Waals surface area contributed by atoms with Crippen molar-refractivity contribution < 1.29 is 0 Å². The first kappa shape index (κ1) is 13.6. The molecule has 1 rings (SSSR count). The molecule has 16 heavy (non-hydrogen) atoms. The molecule has 1 aromatic heterocycles. The van der Waals surface area contributed by atoms with Gasteiger partial charge in [-0.1, -0.05) is 6.92 Å². The van der Waals surface area contributed by atoms with Crippen molar-refractivity contribution in [2.24, 2.45) is 5.92 Å². The van der Waals surface area contributed by atoms with Gasteiger partial charge in [-0.3, -0.25) is 0 Å². The molecule has 1 aromatic rings. The second kappa shape index (κ2) is 6.97. The summed E-state index contributed by atoms with van der Waals surface area (Å²) in [6.45, 7) is 8.63. The first-order valence-electron chi connectivity index (χ1n) is 5.85. The zero-order valence-electron chi connectivity index (χ0n) is 10.7. The van der Waals surface area contributed by atoms with Crippen LogP contribution in [0, 0.1) is 5.92 Å². The molecule has 0 spiro atoms. The van der Waals surface area contributed by atoms with E-state index in [1.54, 1.807) is 0 Å². The Morgan fingerprint density at radius 2 is 2.19 bits per heavy atom. The van der Waals surface area contributed by atoms with Crippen LogP contribution < -0.4 is 5.32 Å². The number of nitrogens with zero attached hydrogens (tertiary/aromatic N) is 2. The maximum Gasteiger partial charge on any atom is 0.0951 e. The van der Waals surface area contributed by atoms with E-state index in [0.717, 1.165) is 19.0 Å². The molecule has 0 amide bonds. The normalized spacial score (nSPS) is 13.3. The Bertz CT molecular complexity index is 296. The third-order valence-corrected chi connectivity index (χ3v) is 3.46. The molecule has 92 valence electrons. The van der Waals surface area contributed by atoms with Gasteiger partial charge in [-0.25, -0.2) is 4.98 Å². The smallest absolute Gasteiger partial charge is 0.0951 e. The van der Waals surface area contributed by atoms with Gasteiger partial charge >= 0.3 is 0 Å². The first-order valence-corrected chi connectivity index (χ1v) is 7.25. The lowest BCUT2D eigenvalue weighted by Crippen LogP contribution is -2.23. The molecule has 3 nitrogen and oxygen atoms in total. The SMILES string of the molecule is CSCC(C)CNCc1cncn1C(C)C. The van der Waals surface area contributed by atoms with E-state index < -0.39 is 0 Å². The molecule has 1 unspecified atom stereocenters. The Morgan fingerprint density at radius 3 is 2.81 bits per heavy atom. The Kier molecular flexibility index (Phi) is 5.91. The maximum atomic E-state index is 4.20. The molecule has 0 bridgehead atoms. The lowest BCUT2D eigenvalue weighted by atomic mass is 10.2. The maximum absolute atomic E-state index is 4.20. The fourth-order valence-electron chi connectivity index (χ4n) is 1.72. The second-order valence-corrected chi connectivity index (χ2v) is 5.49. The minimum Gasteiger partial charge on any atom is -0.331 e. The number of thioether (sulfide) groups is 1. The average molecular weight is 241 g/mol. The highest BCUT2D eigenvalue weighted by molar-refractivity contribution is 7.98. The van der Waals surface area contributed by atoms with Crippen molar-refractivity contribution in [1.29, 1.82) is 0 Å². The number of imidazole rings is 1. The van der Waals surface area contributed by atoms with Gasteiger partial charge in [0.15, 0.2) is 0 Å². The number of rotatable bonds is 7. The predicted octanol–water partition coefficient (Wildman–Crippen LogP) is 2.55. The van der Waals surface area contributed by atoms with E-state index in [0.29, 0.717) is 6.04 Å². The molecule has 1 heterocycles. The van der Waals surface area contributed by atoms with Gasteiger partial charge in [0.2, 0.25) is 0 Å². The van der Waals surface area contributed by atoms with E-state index in [1.807, 2.05) is 24.3 Å². The number of aromatic nitrogens is 2. The zero-order chi connectivity index (χ0) is 12.0. The Balaban J connectivity index is 2.34. The first-order chi connectivity index (χ1) is 7.65. The highest BCUT2D eigenvalue weighted by Crippen LogP contribution is 2.09. The number of hydrogen-bond donors (Lipinski definition) is 1. The van der Waals surface area contributed by atoms with E-state index in [9.17, 15) is 0 Å². The van der Waals surface area contributed by atoms with E-state index in [4.69, 9.17) is 0 Å². The summed E-state index contributed by atoms with van der Waals surface area (Å²) in [5.74, 6) is 1.95. The molecule has 0 aliphatic rings. The largest absolute Gasteiger partial charge is 0.331 e. The fraction of sp³-hybridized carbons (Fsp3) is 0.750. The van der Waals surface area contributed by atoms with Crippen molar-refractivity contribution in [2.75, 3.05) is 18.6 Å². The van der Waals surface area contributed by atoms with Crippen LogP contribution in [-0.2, 0) is 6.54 Å². The summed E-state index contributed by atoms with van der Waals surface area (Å²) in [4.78, 5) is 4.20. The van der Waals surface area contributed by atoms with Gasteiger partial charge in [0.1, 0.15) is 0 Å². The van der Waals surface area contributed by atoms with Crippen molar-refractivity contribution >= 4 is 11.8 Å². The van der Waals surface area contributed by atoms with E-state index in [1.165, 1.54) is 11.4 Å². The van der Waals surface area contributed by atoms with Crippen LogP contribution in [0.1, 0.15) is 32.5 Å². The van der Waals surface area contributed by atoms with Crippen molar-refractivity contribution in [1.82, 2.24) is 14.9 Å². The van der Waals surface area contributed by atoms with Crippen LogP contribution >= 0.6 is 11.8 Å². The van der Waals surface area contributed by atoms with Crippen LogP contribution in [0.5, 0.6) is 0 Å². The standard InChI is InChI=1S/C12H23N3S/c1-10(2)15-9-14-7-12(15)6-13-5-11(3)8-16-4/h7,9-11,13H,5-6,8H2,1-4H3. The second-order valence-electron chi connectivity index (χ2n) is 4.58. The van der Waals surface area contributed by atoms with Gasteiger partial charge in [-0.05, 0) is 38.3 Å². The van der Waals surface area contributed by atoms with Crippen LogP contribution in [-0.4, -0.2) is 28.1 Å². The molecule has 0 aliphatic heterocycles. The van der Waals surface area contributed by atoms with E-state index in [2.05, 4.69) is 41.9 Å². The molecule has 4 heteroatoms. The molecule has 0 radical (unpaired) electrons. The summed E-state index contributed by atoms with van der Waals surface area (Å²) in [5.41, 5.74) is 1.27. The molecular weight excluding hydrogens is 218 g/mol. The molecule has 1 N–H and O–H groups in total. The summed E-state index contributed by atoms with van der Waals surface area (Å²) in [7, 11) is 0. The number of nitrogens with one attached hydrogen (secondary N) is 1. The van der Waals surface area contributed by atoms with Crippen LogP contribution in [0.4, 0.5) is 0 Å². The highest BCUT2D eigenvalue weighted by atomic mass is 32.2. The summed E-state index contributed by atoms with van der Waals surface area (Å²) >= 11 is 1.91. The Hall–Kier alpha value is -0.480. The fourth-order valence-corrected chi connectivity index (χ4v) is 2.41.